The quantitative estimate of drug-likeness (QED) is 0.264. The van der Waals surface area contributed by atoms with Gasteiger partial charge in [0.1, 0.15) is 0 Å². The molecule has 4 heteroatoms. The molecule has 0 bridgehead atoms. The second-order valence-electron chi connectivity index (χ2n) is 5.07. The molecule has 2 aromatic rings. The summed E-state index contributed by atoms with van der Waals surface area (Å²) < 4.78 is 0.508. The first kappa shape index (κ1) is 18.1. The van der Waals surface area contributed by atoms with Gasteiger partial charge in [-0.05, 0) is 55.0 Å². The maximum atomic E-state index is 5.97. The smallest absolute Gasteiger partial charge is 0.0596 e. The fraction of sp³-hybridized carbons (Fsp3) is 0.333. The fourth-order valence-electron chi connectivity index (χ4n) is 2.03. The fourth-order valence-corrected chi connectivity index (χ4v) is 4.91. The Morgan fingerprint density at radius 1 is 0.773 bits per heavy atom. The highest BCUT2D eigenvalue weighted by Gasteiger charge is 2.12. The topological polar surface area (TPSA) is 0 Å². The molecule has 2 aromatic carbocycles. The average Bonchev–Trinajstić information content (AvgIpc) is 2.52. The van der Waals surface area contributed by atoms with Crippen molar-refractivity contribution in [3.63, 3.8) is 0 Å². The van der Waals surface area contributed by atoms with E-state index in [1.54, 1.807) is 0 Å². The van der Waals surface area contributed by atoms with Crippen molar-refractivity contribution in [1.29, 1.82) is 0 Å². The van der Waals surface area contributed by atoms with Gasteiger partial charge in [0.25, 0.3) is 0 Å². The summed E-state index contributed by atoms with van der Waals surface area (Å²) in [7, 11) is 0. The van der Waals surface area contributed by atoms with Gasteiger partial charge in [-0.3, -0.25) is 0 Å². The van der Waals surface area contributed by atoms with E-state index in [-0.39, 0.29) is 0 Å². The van der Waals surface area contributed by atoms with Crippen molar-refractivity contribution in [1.82, 2.24) is 0 Å². The molecule has 0 nitrogen and oxygen atoms in total. The van der Waals surface area contributed by atoms with E-state index < -0.39 is 0 Å². The van der Waals surface area contributed by atoms with E-state index in [9.17, 15) is 0 Å². The van der Waals surface area contributed by atoms with E-state index in [0.717, 1.165) is 10.0 Å². The monoisotopic (exact) mass is 370 g/mol. The molecule has 0 aliphatic heterocycles. The Hall–Kier alpha value is -0.280. The highest BCUT2D eigenvalue weighted by atomic mass is 35.5. The number of unbranched alkanes of at least 4 members (excludes halogenated alkanes) is 2. The van der Waals surface area contributed by atoms with Gasteiger partial charge in [0.05, 0.1) is 4.58 Å². The van der Waals surface area contributed by atoms with Crippen molar-refractivity contribution >= 4 is 46.7 Å². The molecule has 0 aliphatic carbocycles. The van der Waals surface area contributed by atoms with Crippen LogP contribution in [0.15, 0.2) is 58.3 Å². The molecule has 0 saturated carbocycles. The maximum Gasteiger partial charge on any atom is 0.0596 e. The minimum Gasteiger partial charge on any atom is -0.111 e. The van der Waals surface area contributed by atoms with Gasteiger partial charge in [-0.25, -0.2) is 0 Å². The minimum atomic E-state index is 0.508. The Balaban J connectivity index is 2.01. The zero-order valence-electron chi connectivity index (χ0n) is 12.6. The van der Waals surface area contributed by atoms with Crippen LogP contribution in [0.2, 0.25) is 10.0 Å². The van der Waals surface area contributed by atoms with Gasteiger partial charge in [0, 0.05) is 19.8 Å². The number of rotatable bonds is 8. The molecule has 118 valence electrons. The third-order valence-electron chi connectivity index (χ3n) is 3.21. The molecule has 0 aliphatic rings. The van der Waals surface area contributed by atoms with Crippen LogP contribution in [0.1, 0.15) is 32.6 Å². The normalized spacial score (nSPS) is 11.1. The first-order valence-corrected chi connectivity index (χ1v) is 10.0. The third kappa shape index (κ3) is 6.45. The predicted molar refractivity (Wildman–Crippen MR) is 103 cm³/mol. The highest BCUT2D eigenvalue weighted by molar-refractivity contribution is 8.17. The van der Waals surface area contributed by atoms with Gasteiger partial charge in [0.15, 0.2) is 0 Å². The summed E-state index contributed by atoms with van der Waals surface area (Å²) in [4.78, 5) is 2.54. The number of benzene rings is 2. The van der Waals surface area contributed by atoms with Crippen LogP contribution in [0.25, 0.3) is 0 Å². The lowest BCUT2D eigenvalue weighted by Gasteiger charge is -2.16. The molecule has 0 amide bonds. The third-order valence-corrected chi connectivity index (χ3v) is 6.37. The Labute approximate surface area is 152 Å². The minimum absolute atomic E-state index is 0.508. The molecule has 0 fully saturated rings. The summed E-state index contributed by atoms with van der Waals surface area (Å²) in [6, 6.07) is 16.2. The Bertz CT molecular complexity index is 505. The van der Waals surface area contributed by atoms with Crippen LogP contribution >= 0.6 is 46.7 Å². The largest absolute Gasteiger partial charge is 0.111 e. The summed E-state index contributed by atoms with van der Waals surface area (Å²) in [6.07, 6.45) is 5.01. The number of hydrogen-bond acceptors (Lipinski definition) is 2. The number of hydrogen-bond donors (Lipinski definition) is 0. The van der Waals surface area contributed by atoms with Crippen molar-refractivity contribution in [3.8, 4) is 0 Å². The summed E-state index contributed by atoms with van der Waals surface area (Å²) >= 11 is 15.8. The van der Waals surface area contributed by atoms with Crippen molar-refractivity contribution in [3.05, 3.63) is 58.6 Å². The van der Waals surface area contributed by atoms with Crippen LogP contribution < -0.4 is 0 Å². The van der Waals surface area contributed by atoms with Crippen molar-refractivity contribution in [2.75, 3.05) is 0 Å². The summed E-state index contributed by atoms with van der Waals surface area (Å²) in [5.41, 5.74) is 0. The molecule has 0 aromatic heterocycles. The van der Waals surface area contributed by atoms with E-state index in [2.05, 4.69) is 31.2 Å². The molecule has 0 unspecified atom stereocenters. The number of halogens is 2. The van der Waals surface area contributed by atoms with Crippen molar-refractivity contribution in [2.45, 2.75) is 47.0 Å². The van der Waals surface area contributed by atoms with Crippen molar-refractivity contribution in [2.24, 2.45) is 0 Å². The Kier molecular flexibility index (Phi) is 8.02. The van der Waals surface area contributed by atoms with Gasteiger partial charge >= 0.3 is 0 Å². The molecule has 0 N–H and O–H groups in total. The molecule has 0 atom stereocenters. The van der Waals surface area contributed by atoms with Crippen LogP contribution in [0.3, 0.4) is 0 Å². The first-order chi connectivity index (χ1) is 10.7. The SMILES string of the molecule is CCCCCC(Sc1ccc(Cl)cc1)Sc1ccc(Cl)cc1. The first-order valence-electron chi connectivity index (χ1n) is 7.52. The summed E-state index contributed by atoms with van der Waals surface area (Å²) in [5, 5.41) is 1.58. The lowest BCUT2D eigenvalue weighted by Crippen LogP contribution is -1.97. The van der Waals surface area contributed by atoms with Gasteiger partial charge in [0.2, 0.25) is 0 Å². The van der Waals surface area contributed by atoms with E-state index in [0.29, 0.717) is 4.58 Å². The average molecular weight is 371 g/mol. The van der Waals surface area contributed by atoms with Gasteiger partial charge < -0.3 is 0 Å². The zero-order chi connectivity index (χ0) is 15.8. The highest BCUT2D eigenvalue weighted by Crippen LogP contribution is 2.39. The van der Waals surface area contributed by atoms with Gasteiger partial charge in [-0.2, -0.15) is 0 Å². The summed E-state index contributed by atoms with van der Waals surface area (Å²) in [5.74, 6) is 0. The molecular weight excluding hydrogens is 351 g/mol. The molecule has 22 heavy (non-hydrogen) atoms. The van der Waals surface area contributed by atoms with Gasteiger partial charge in [-0.15, -0.1) is 23.5 Å². The van der Waals surface area contributed by atoms with Crippen LogP contribution in [0, 0.1) is 0 Å². The van der Waals surface area contributed by atoms with E-state index in [1.165, 1.54) is 35.5 Å². The Morgan fingerprint density at radius 2 is 1.23 bits per heavy atom. The Morgan fingerprint density at radius 3 is 1.64 bits per heavy atom. The molecule has 2 rings (SSSR count). The number of thioether (sulfide) groups is 2. The van der Waals surface area contributed by atoms with E-state index in [1.807, 2.05) is 47.8 Å². The zero-order valence-corrected chi connectivity index (χ0v) is 15.7. The van der Waals surface area contributed by atoms with Crippen molar-refractivity contribution < 1.29 is 0 Å². The summed E-state index contributed by atoms with van der Waals surface area (Å²) in [6.45, 7) is 2.24. The maximum absolute atomic E-state index is 5.97. The lowest BCUT2D eigenvalue weighted by molar-refractivity contribution is 0.696. The van der Waals surface area contributed by atoms with Crippen LogP contribution in [-0.4, -0.2) is 4.58 Å². The molecule has 0 heterocycles. The second kappa shape index (κ2) is 9.77. The standard InChI is InChI=1S/C18H20Cl2S2/c1-2-3-4-5-18(21-16-10-6-14(19)7-11-16)22-17-12-8-15(20)9-13-17/h6-13,18H,2-5H2,1H3. The van der Waals surface area contributed by atoms with E-state index in [4.69, 9.17) is 23.2 Å². The van der Waals surface area contributed by atoms with Crippen LogP contribution in [0.4, 0.5) is 0 Å². The lowest BCUT2D eigenvalue weighted by atomic mass is 10.2. The van der Waals surface area contributed by atoms with Gasteiger partial charge in [-0.1, -0.05) is 49.4 Å². The molecule has 0 radical (unpaired) electrons. The molecule has 0 spiro atoms. The van der Waals surface area contributed by atoms with Crippen LogP contribution in [0.5, 0.6) is 0 Å². The van der Waals surface area contributed by atoms with Crippen LogP contribution in [-0.2, 0) is 0 Å². The predicted octanol–water partition coefficient (Wildman–Crippen LogP) is 7.78. The molecular formula is C18H20Cl2S2. The second-order valence-corrected chi connectivity index (χ2v) is 8.79. The van der Waals surface area contributed by atoms with E-state index >= 15 is 0 Å². The molecule has 0 saturated heterocycles.